The fourth-order valence-electron chi connectivity index (χ4n) is 3.66. The van der Waals surface area contributed by atoms with Crippen molar-refractivity contribution in [1.82, 2.24) is 15.2 Å². The Bertz CT molecular complexity index is 1370. The van der Waals surface area contributed by atoms with Crippen molar-refractivity contribution in [1.29, 1.82) is 0 Å². The number of aliphatic carboxylic acids is 1. The molecule has 7 heteroatoms. The van der Waals surface area contributed by atoms with Crippen molar-refractivity contribution in [2.24, 2.45) is 0 Å². The largest absolute Gasteiger partial charge is 0.546 e. The molecule has 3 aromatic carbocycles. The van der Waals surface area contributed by atoms with Gasteiger partial charge in [-0.1, -0.05) is 72.8 Å². The predicted molar refractivity (Wildman–Crippen MR) is 125 cm³/mol. The van der Waals surface area contributed by atoms with Crippen LogP contribution in [-0.4, -0.2) is 27.3 Å². The van der Waals surface area contributed by atoms with Crippen LogP contribution in [0.4, 0.5) is 0 Å². The summed E-state index contributed by atoms with van der Waals surface area (Å²) in [6.45, 7) is 1.42. The number of hydrogen-bond acceptors (Lipinski definition) is 6. The average molecular weight is 450 g/mol. The van der Waals surface area contributed by atoms with E-state index in [1.165, 1.54) is 6.92 Å². The highest BCUT2D eigenvalue weighted by atomic mass is 16.5. The summed E-state index contributed by atoms with van der Waals surface area (Å²) in [5.74, 6) is 0.191. The first-order valence-electron chi connectivity index (χ1n) is 10.7. The lowest BCUT2D eigenvalue weighted by molar-refractivity contribution is -0.312. The lowest BCUT2D eigenvalue weighted by Gasteiger charge is -2.15. The first-order chi connectivity index (χ1) is 16.6. The number of oxazole rings is 1. The maximum absolute atomic E-state index is 11.1. The maximum atomic E-state index is 11.1. The van der Waals surface area contributed by atoms with Crippen molar-refractivity contribution in [3.63, 3.8) is 0 Å². The summed E-state index contributed by atoms with van der Waals surface area (Å²) in [6.07, 6.45) is 0.576. The number of carboxylic acid groups (broad SMARTS) is 1. The third kappa shape index (κ3) is 4.19. The molecule has 1 unspecified atom stereocenters. The summed E-state index contributed by atoms with van der Waals surface area (Å²) in [6, 6.07) is 26.7. The predicted octanol–water partition coefficient (Wildman–Crippen LogP) is 4.58. The van der Waals surface area contributed by atoms with Gasteiger partial charge in [0.25, 0.3) is 0 Å². The molecule has 5 aromatic rings. The minimum atomic E-state index is -1.28. The van der Waals surface area contributed by atoms with Crippen molar-refractivity contribution in [2.45, 2.75) is 13.0 Å². The van der Waals surface area contributed by atoms with Crippen molar-refractivity contribution in [2.75, 3.05) is 0 Å². The monoisotopic (exact) mass is 450 g/mol. The molecule has 2 heterocycles. The number of H-pyrrole nitrogens is 1. The van der Waals surface area contributed by atoms with Gasteiger partial charge in [0.05, 0.1) is 23.4 Å². The van der Waals surface area contributed by atoms with Gasteiger partial charge in [0.15, 0.2) is 5.76 Å². The van der Waals surface area contributed by atoms with Gasteiger partial charge >= 0.3 is 0 Å². The molecule has 0 bridgehead atoms. The van der Waals surface area contributed by atoms with Crippen LogP contribution >= 0.6 is 0 Å². The molecular formula is C27H20N3O4-. The number of rotatable bonds is 7. The molecule has 0 radical (unpaired) electrons. The second-order valence-electron chi connectivity index (χ2n) is 7.69. The van der Waals surface area contributed by atoms with E-state index in [1.54, 1.807) is 24.4 Å². The molecule has 34 heavy (non-hydrogen) atoms. The molecule has 0 amide bonds. The van der Waals surface area contributed by atoms with E-state index in [9.17, 15) is 9.90 Å². The topological polar surface area (TPSA) is 104 Å². The zero-order chi connectivity index (χ0) is 23.5. The maximum Gasteiger partial charge on any atom is 0.231 e. The molecule has 0 spiro atoms. The molecule has 5 rings (SSSR count). The van der Waals surface area contributed by atoms with Crippen molar-refractivity contribution in [3.8, 4) is 51.0 Å². The van der Waals surface area contributed by atoms with Gasteiger partial charge in [-0.2, -0.15) is 5.10 Å². The summed E-state index contributed by atoms with van der Waals surface area (Å²) in [5.41, 5.74) is 4.67. The number of ether oxygens (including phenoxy) is 1. The molecule has 1 N–H and O–H groups in total. The number of carboxylic acids is 1. The zero-order valence-electron chi connectivity index (χ0n) is 18.3. The molecule has 0 saturated heterocycles. The van der Waals surface area contributed by atoms with Gasteiger partial charge in [0.1, 0.15) is 17.5 Å². The normalized spacial score (nSPS) is 11.8. The van der Waals surface area contributed by atoms with E-state index in [0.29, 0.717) is 28.7 Å². The number of aromatic nitrogens is 3. The lowest BCUT2D eigenvalue weighted by Crippen LogP contribution is -2.37. The van der Waals surface area contributed by atoms with Crippen LogP contribution in [0.1, 0.15) is 6.92 Å². The Labute approximate surface area is 195 Å². The van der Waals surface area contributed by atoms with E-state index in [-0.39, 0.29) is 0 Å². The van der Waals surface area contributed by atoms with Crippen LogP contribution in [0, 0.1) is 0 Å². The van der Waals surface area contributed by atoms with Gasteiger partial charge in [-0.25, -0.2) is 4.98 Å². The molecule has 1 atom stereocenters. The summed E-state index contributed by atoms with van der Waals surface area (Å²) >= 11 is 0. The molecule has 2 aromatic heterocycles. The lowest BCUT2D eigenvalue weighted by atomic mass is 10.1. The SMILES string of the molecule is CC(Oc1cccc(-c2[nH]ncc2-c2nc(-c3ccccc3)c(-c3ccccc3)o2)c1)C(=O)[O-]. The Morgan fingerprint density at radius 3 is 2.32 bits per heavy atom. The van der Waals surface area contributed by atoms with Gasteiger partial charge in [-0.15, -0.1) is 0 Å². The molecule has 0 aliphatic heterocycles. The highest BCUT2D eigenvalue weighted by molar-refractivity contribution is 5.82. The van der Waals surface area contributed by atoms with Crippen LogP contribution < -0.4 is 9.84 Å². The molecule has 168 valence electrons. The van der Waals surface area contributed by atoms with Crippen molar-refractivity contribution < 1.29 is 19.1 Å². The van der Waals surface area contributed by atoms with Crippen LogP contribution in [-0.2, 0) is 4.79 Å². The summed E-state index contributed by atoms with van der Waals surface area (Å²) in [7, 11) is 0. The fraction of sp³-hybridized carbons (Fsp3) is 0.0741. The Kier molecular flexibility index (Phi) is 5.66. The number of carbonyl (C=O) groups excluding carboxylic acids is 1. The third-order valence-electron chi connectivity index (χ3n) is 5.35. The van der Waals surface area contributed by atoms with Crippen LogP contribution in [0.2, 0.25) is 0 Å². The highest BCUT2D eigenvalue weighted by Gasteiger charge is 2.21. The second kappa shape index (κ2) is 9.07. The van der Waals surface area contributed by atoms with Crippen molar-refractivity contribution >= 4 is 5.97 Å². The summed E-state index contributed by atoms with van der Waals surface area (Å²) < 4.78 is 11.8. The quantitative estimate of drug-likeness (QED) is 0.389. The van der Waals surface area contributed by atoms with Crippen molar-refractivity contribution in [3.05, 3.63) is 91.1 Å². The minimum Gasteiger partial charge on any atom is -0.546 e. The third-order valence-corrected chi connectivity index (χ3v) is 5.35. The van der Waals surface area contributed by atoms with Gasteiger partial charge < -0.3 is 19.1 Å². The van der Waals surface area contributed by atoms with Crippen LogP contribution in [0.5, 0.6) is 5.75 Å². The van der Waals surface area contributed by atoms with Gasteiger partial charge in [0.2, 0.25) is 5.89 Å². The van der Waals surface area contributed by atoms with E-state index in [0.717, 1.165) is 22.4 Å². The Morgan fingerprint density at radius 1 is 0.941 bits per heavy atom. The van der Waals surface area contributed by atoms with Crippen LogP contribution in [0.25, 0.3) is 45.3 Å². The van der Waals surface area contributed by atoms with Gasteiger partial charge in [-0.3, -0.25) is 5.10 Å². The molecule has 0 aliphatic carbocycles. The van der Waals surface area contributed by atoms with Gasteiger partial charge in [0, 0.05) is 16.7 Å². The van der Waals surface area contributed by atoms with Gasteiger partial charge in [-0.05, 0) is 19.1 Å². The Balaban J connectivity index is 1.58. The number of aromatic amines is 1. The Hall–Kier alpha value is -4.65. The van der Waals surface area contributed by atoms with E-state index < -0.39 is 12.1 Å². The molecule has 7 nitrogen and oxygen atoms in total. The standard InChI is InChI=1S/C27H21N3O4/c1-17(27(31)32)33-21-14-8-13-20(15-21)23-22(16-28-30-23)26-29-24(18-9-4-2-5-10-18)25(34-26)19-11-6-3-7-12-19/h2-17H,1H3,(H,28,30)(H,31,32)/p-1. The zero-order valence-corrected chi connectivity index (χ0v) is 18.3. The molecule has 0 fully saturated rings. The summed E-state index contributed by atoms with van der Waals surface area (Å²) in [5, 5.41) is 18.3. The van der Waals surface area contributed by atoms with E-state index in [4.69, 9.17) is 14.1 Å². The molecule has 0 saturated carbocycles. The fourth-order valence-corrected chi connectivity index (χ4v) is 3.66. The van der Waals surface area contributed by atoms with E-state index >= 15 is 0 Å². The first-order valence-corrected chi connectivity index (χ1v) is 10.7. The number of hydrogen-bond donors (Lipinski definition) is 1. The second-order valence-corrected chi connectivity index (χ2v) is 7.69. The van der Waals surface area contributed by atoms with E-state index in [2.05, 4.69) is 10.2 Å². The molecule has 0 aliphatic rings. The summed E-state index contributed by atoms with van der Waals surface area (Å²) in [4.78, 5) is 15.9. The smallest absolute Gasteiger partial charge is 0.231 e. The average Bonchev–Trinajstić information content (AvgIpc) is 3.53. The number of benzene rings is 3. The minimum absolute atomic E-state index is 0.400. The van der Waals surface area contributed by atoms with Crippen LogP contribution in [0.15, 0.2) is 95.5 Å². The highest BCUT2D eigenvalue weighted by Crippen LogP contribution is 2.38. The van der Waals surface area contributed by atoms with E-state index in [1.807, 2.05) is 66.7 Å². The number of nitrogens with zero attached hydrogens (tertiary/aromatic N) is 2. The number of nitrogens with one attached hydrogen (secondary N) is 1. The number of carbonyl (C=O) groups is 1. The van der Waals surface area contributed by atoms with Crippen LogP contribution in [0.3, 0.4) is 0 Å². The Morgan fingerprint density at radius 2 is 1.62 bits per heavy atom. The first kappa shape index (κ1) is 21.2. The molecular weight excluding hydrogens is 430 g/mol.